The molecule has 0 amide bonds. The fourth-order valence-electron chi connectivity index (χ4n) is 1.33. The molecule has 1 rings (SSSR count). The van der Waals surface area contributed by atoms with E-state index in [1.165, 1.54) is 12.3 Å². The van der Waals surface area contributed by atoms with Gasteiger partial charge in [-0.3, -0.25) is 9.88 Å². The standard InChI is InChI=1S/C10H13F3N2O/c1-15(5-6-16)7-9-8(10(11,12)13)3-2-4-14-9/h2-4,16H,5-7H2,1H3. The molecule has 0 fully saturated rings. The summed E-state index contributed by atoms with van der Waals surface area (Å²) < 4.78 is 37.7. The van der Waals surface area contributed by atoms with Crippen LogP contribution in [0.4, 0.5) is 13.2 Å². The highest BCUT2D eigenvalue weighted by molar-refractivity contribution is 5.22. The van der Waals surface area contributed by atoms with E-state index in [0.717, 1.165) is 6.07 Å². The van der Waals surface area contributed by atoms with Crippen molar-refractivity contribution in [2.75, 3.05) is 20.2 Å². The van der Waals surface area contributed by atoms with Crippen LogP contribution in [-0.4, -0.2) is 35.2 Å². The molecule has 0 saturated carbocycles. The first-order chi connectivity index (χ1) is 7.45. The van der Waals surface area contributed by atoms with Gasteiger partial charge in [0.2, 0.25) is 0 Å². The highest BCUT2D eigenvalue weighted by atomic mass is 19.4. The molecule has 0 aromatic carbocycles. The molecule has 1 heterocycles. The SMILES string of the molecule is CN(CCO)Cc1ncccc1C(F)(F)F. The molecule has 3 nitrogen and oxygen atoms in total. The molecule has 0 radical (unpaired) electrons. The Labute approximate surface area is 91.5 Å². The second-order valence-corrected chi connectivity index (χ2v) is 3.46. The lowest BCUT2D eigenvalue weighted by Crippen LogP contribution is -2.24. The molecule has 0 aliphatic carbocycles. The number of pyridine rings is 1. The summed E-state index contributed by atoms with van der Waals surface area (Å²) in [7, 11) is 1.63. The molecule has 6 heteroatoms. The highest BCUT2D eigenvalue weighted by Gasteiger charge is 2.33. The van der Waals surface area contributed by atoms with E-state index in [0.29, 0.717) is 6.54 Å². The van der Waals surface area contributed by atoms with Crippen molar-refractivity contribution in [1.82, 2.24) is 9.88 Å². The summed E-state index contributed by atoms with van der Waals surface area (Å²) in [5, 5.41) is 8.66. The van der Waals surface area contributed by atoms with E-state index < -0.39 is 11.7 Å². The number of rotatable bonds is 4. The quantitative estimate of drug-likeness (QED) is 0.858. The monoisotopic (exact) mass is 234 g/mol. The number of likely N-dealkylation sites (N-methyl/N-ethyl adjacent to an activating group) is 1. The van der Waals surface area contributed by atoms with Crippen LogP contribution in [0.2, 0.25) is 0 Å². The van der Waals surface area contributed by atoms with Gasteiger partial charge >= 0.3 is 6.18 Å². The summed E-state index contributed by atoms with van der Waals surface area (Å²) in [5.74, 6) is 0. The van der Waals surface area contributed by atoms with Crippen molar-refractivity contribution in [3.63, 3.8) is 0 Å². The van der Waals surface area contributed by atoms with Crippen molar-refractivity contribution in [2.24, 2.45) is 0 Å². The van der Waals surface area contributed by atoms with E-state index in [1.54, 1.807) is 11.9 Å². The normalized spacial score (nSPS) is 12.1. The molecule has 16 heavy (non-hydrogen) atoms. The predicted molar refractivity (Wildman–Crippen MR) is 52.7 cm³/mol. The Morgan fingerprint density at radius 2 is 2.12 bits per heavy atom. The Balaban J connectivity index is 2.87. The molecule has 90 valence electrons. The topological polar surface area (TPSA) is 36.4 Å². The maximum Gasteiger partial charge on any atom is 0.418 e. The number of aromatic nitrogens is 1. The molecule has 0 saturated heterocycles. The number of hydrogen-bond donors (Lipinski definition) is 1. The minimum absolute atomic E-state index is 0.0223. The number of nitrogens with zero attached hydrogens (tertiary/aromatic N) is 2. The third kappa shape index (κ3) is 3.46. The Hall–Kier alpha value is -1.14. The van der Waals surface area contributed by atoms with Crippen molar-refractivity contribution in [2.45, 2.75) is 12.7 Å². The Bertz CT molecular complexity index is 341. The number of halogens is 3. The van der Waals surface area contributed by atoms with E-state index in [4.69, 9.17) is 5.11 Å². The van der Waals surface area contributed by atoms with Crippen LogP contribution in [0.3, 0.4) is 0 Å². The van der Waals surface area contributed by atoms with Crippen molar-refractivity contribution in [3.05, 3.63) is 29.6 Å². The van der Waals surface area contributed by atoms with Gasteiger partial charge in [0, 0.05) is 19.3 Å². The van der Waals surface area contributed by atoms with Gasteiger partial charge in [-0.1, -0.05) is 0 Å². The van der Waals surface area contributed by atoms with Crippen LogP contribution in [0.15, 0.2) is 18.3 Å². The molecule has 0 spiro atoms. The van der Waals surface area contributed by atoms with E-state index in [-0.39, 0.29) is 18.8 Å². The molecular formula is C10H13F3N2O. The summed E-state index contributed by atoms with van der Waals surface area (Å²) in [4.78, 5) is 5.31. The van der Waals surface area contributed by atoms with Gasteiger partial charge in [-0.15, -0.1) is 0 Å². The third-order valence-corrected chi connectivity index (χ3v) is 2.10. The Morgan fingerprint density at radius 3 is 2.69 bits per heavy atom. The van der Waals surface area contributed by atoms with Crippen molar-refractivity contribution < 1.29 is 18.3 Å². The lowest BCUT2D eigenvalue weighted by molar-refractivity contribution is -0.138. The van der Waals surface area contributed by atoms with Crippen molar-refractivity contribution in [1.29, 1.82) is 0 Å². The fourth-order valence-corrected chi connectivity index (χ4v) is 1.33. The zero-order valence-corrected chi connectivity index (χ0v) is 8.83. The highest BCUT2D eigenvalue weighted by Crippen LogP contribution is 2.31. The first kappa shape index (κ1) is 12.9. The first-order valence-corrected chi connectivity index (χ1v) is 4.75. The van der Waals surface area contributed by atoms with Crippen LogP contribution < -0.4 is 0 Å². The molecule has 0 unspecified atom stereocenters. The Kier molecular flexibility index (Phi) is 4.26. The van der Waals surface area contributed by atoms with Crippen LogP contribution in [0.5, 0.6) is 0 Å². The van der Waals surface area contributed by atoms with E-state index >= 15 is 0 Å². The molecule has 1 aromatic heterocycles. The minimum atomic E-state index is -4.39. The molecule has 1 N–H and O–H groups in total. The van der Waals surface area contributed by atoms with Gasteiger partial charge in [-0.05, 0) is 19.2 Å². The maximum absolute atomic E-state index is 12.6. The molecule has 0 aliphatic heterocycles. The summed E-state index contributed by atoms with van der Waals surface area (Å²) in [6, 6.07) is 2.27. The van der Waals surface area contributed by atoms with Gasteiger partial charge in [-0.25, -0.2) is 0 Å². The van der Waals surface area contributed by atoms with E-state index in [2.05, 4.69) is 4.98 Å². The minimum Gasteiger partial charge on any atom is -0.395 e. The third-order valence-electron chi connectivity index (χ3n) is 2.10. The van der Waals surface area contributed by atoms with Crippen molar-refractivity contribution >= 4 is 0 Å². The molecule has 0 bridgehead atoms. The number of aliphatic hydroxyl groups excluding tert-OH is 1. The number of hydrogen-bond acceptors (Lipinski definition) is 3. The smallest absolute Gasteiger partial charge is 0.395 e. The van der Waals surface area contributed by atoms with Crippen LogP contribution in [0.1, 0.15) is 11.3 Å². The summed E-state index contributed by atoms with van der Waals surface area (Å²) in [5.41, 5.74) is -0.745. The van der Waals surface area contributed by atoms with Crippen LogP contribution in [0, 0.1) is 0 Å². The zero-order valence-electron chi connectivity index (χ0n) is 8.83. The second-order valence-electron chi connectivity index (χ2n) is 3.46. The molecule has 0 aliphatic rings. The molecular weight excluding hydrogens is 221 g/mol. The molecule has 1 aromatic rings. The van der Waals surface area contributed by atoms with Gasteiger partial charge in [0.15, 0.2) is 0 Å². The molecule has 0 atom stereocenters. The van der Waals surface area contributed by atoms with Crippen molar-refractivity contribution in [3.8, 4) is 0 Å². The first-order valence-electron chi connectivity index (χ1n) is 4.75. The average Bonchev–Trinajstić information content (AvgIpc) is 2.17. The largest absolute Gasteiger partial charge is 0.418 e. The van der Waals surface area contributed by atoms with Gasteiger partial charge in [0.05, 0.1) is 17.9 Å². The zero-order chi connectivity index (χ0) is 12.2. The van der Waals surface area contributed by atoms with Gasteiger partial charge in [0.1, 0.15) is 0 Å². The number of aliphatic hydroxyl groups is 1. The predicted octanol–water partition coefficient (Wildman–Crippen LogP) is 1.52. The van der Waals surface area contributed by atoms with Gasteiger partial charge in [0.25, 0.3) is 0 Å². The lowest BCUT2D eigenvalue weighted by atomic mass is 10.2. The van der Waals surface area contributed by atoms with Crippen LogP contribution in [-0.2, 0) is 12.7 Å². The Morgan fingerprint density at radius 1 is 1.44 bits per heavy atom. The van der Waals surface area contributed by atoms with Crippen LogP contribution in [0.25, 0.3) is 0 Å². The van der Waals surface area contributed by atoms with Gasteiger partial charge in [-0.2, -0.15) is 13.2 Å². The van der Waals surface area contributed by atoms with E-state index in [9.17, 15) is 13.2 Å². The fraction of sp³-hybridized carbons (Fsp3) is 0.500. The number of alkyl halides is 3. The summed E-state index contributed by atoms with van der Waals surface area (Å²) in [6.45, 7) is 0.287. The summed E-state index contributed by atoms with van der Waals surface area (Å²) in [6.07, 6.45) is -3.05. The van der Waals surface area contributed by atoms with E-state index in [1.807, 2.05) is 0 Å². The lowest BCUT2D eigenvalue weighted by Gasteiger charge is -2.17. The second kappa shape index (κ2) is 5.27. The summed E-state index contributed by atoms with van der Waals surface area (Å²) >= 11 is 0. The maximum atomic E-state index is 12.6. The average molecular weight is 234 g/mol. The van der Waals surface area contributed by atoms with Gasteiger partial charge < -0.3 is 5.11 Å². The van der Waals surface area contributed by atoms with Crippen LogP contribution >= 0.6 is 0 Å².